The van der Waals surface area contributed by atoms with Crippen LogP contribution >= 0.6 is 33.4 Å². The van der Waals surface area contributed by atoms with Crippen molar-refractivity contribution in [3.05, 3.63) is 57.5 Å². The Bertz CT molecular complexity index is 955. The van der Waals surface area contributed by atoms with Gasteiger partial charge in [0.1, 0.15) is 0 Å². The number of benzene rings is 2. The molecule has 1 aromatic heterocycles. The fourth-order valence-electron chi connectivity index (χ4n) is 2.08. The van der Waals surface area contributed by atoms with E-state index in [1.165, 1.54) is 0 Å². The van der Waals surface area contributed by atoms with E-state index in [4.69, 9.17) is 23.2 Å². The molecular weight excluding hydrogens is 471 g/mol. The molecule has 0 fully saturated rings. The van der Waals surface area contributed by atoms with Crippen LogP contribution in [0.2, 0.25) is 10.0 Å². The molecule has 0 spiro atoms. The second kappa shape index (κ2) is 5.47. The van der Waals surface area contributed by atoms with E-state index in [0.29, 0.717) is 43.6 Å². The van der Waals surface area contributed by atoms with Crippen molar-refractivity contribution >= 4 is 47.9 Å². The van der Waals surface area contributed by atoms with Crippen molar-refractivity contribution in [3.8, 4) is 21.4 Å². The molecule has 0 bridgehead atoms. The zero-order valence-electron chi connectivity index (χ0n) is 12.0. The maximum absolute atomic E-state index is 12.8. The maximum atomic E-state index is 12.8. The van der Waals surface area contributed by atoms with Gasteiger partial charge in [0, 0.05) is 0 Å². The molecule has 1 nitrogen and oxygen atoms in total. The molecule has 0 radical (unpaired) electrons. The van der Waals surface area contributed by atoms with E-state index in [9.17, 15) is 19.4 Å². The van der Waals surface area contributed by atoms with Crippen LogP contribution in [0.5, 0.6) is 0 Å². The molecule has 0 saturated heterocycles. The van der Waals surface area contributed by atoms with Crippen molar-refractivity contribution in [1.29, 1.82) is 0 Å². The van der Waals surface area contributed by atoms with Crippen LogP contribution in [0.15, 0.2) is 52.3 Å². The fraction of sp³-hybridized carbons (Fsp3) is 0. The number of halogens is 7. The average Bonchev–Trinajstić information content (AvgIpc) is 2.94. The van der Waals surface area contributed by atoms with Gasteiger partial charge in [-0.05, 0) is 0 Å². The summed E-state index contributed by atoms with van der Waals surface area (Å²) >= 11 is 11.7. The second-order valence-electron chi connectivity index (χ2n) is 5.16. The first-order chi connectivity index (χ1) is 11.3. The molecule has 1 heterocycles. The summed E-state index contributed by atoms with van der Waals surface area (Å²) in [7, 11) is -9.66. The summed E-state index contributed by atoms with van der Waals surface area (Å²) < 4.78 is 64.3. The third kappa shape index (κ3) is 4.20. The molecule has 0 amide bonds. The van der Waals surface area contributed by atoms with Gasteiger partial charge in [-0.3, -0.25) is 0 Å². The molecule has 0 aliphatic carbocycles. The number of nitrogens with zero attached hydrogens (tertiary/aromatic N) is 1. The van der Waals surface area contributed by atoms with Gasteiger partial charge >= 0.3 is 156 Å². The van der Waals surface area contributed by atoms with Crippen molar-refractivity contribution < 1.29 is 19.4 Å². The Hall–Kier alpha value is -1.05. The topological polar surface area (TPSA) is 12.9 Å². The van der Waals surface area contributed by atoms with Crippen molar-refractivity contribution in [3.63, 3.8) is 0 Å². The van der Waals surface area contributed by atoms with Crippen LogP contribution in [-0.4, -0.2) is 19.5 Å². The van der Waals surface area contributed by atoms with Gasteiger partial charge in [0.2, 0.25) is 0 Å². The van der Waals surface area contributed by atoms with Crippen LogP contribution in [0.4, 0.5) is 19.4 Å². The third-order valence-corrected chi connectivity index (χ3v) is 6.84. The van der Waals surface area contributed by atoms with Gasteiger partial charge in [0.15, 0.2) is 0 Å². The van der Waals surface area contributed by atoms with Gasteiger partial charge in [0.25, 0.3) is 0 Å². The molecule has 10 heteroatoms. The number of rotatable bonds is 3. The molecule has 0 saturated carbocycles. The Morgan fingerprint density at radius 2 is 1.52 bits per heavy atom. The summed E-state index contributed by atoms with van der Waals surface area (Å²) in [5.74, 6) is 0. The fourth-order valence-corrected chi connectivity index (χ4v) is 4.97. The van der Waals surface area contributed by atoms with Gasteiger partial charge in [-0.25, -0.2) is 0 Å². The van der Waals surface area contributed by atoms with Crippen LogP contribution in [0, 0.1) is 0 Å². The Morgan fingerprint density at radius 3 is 2.08 bits per heavy atom. The Morgan fingerprint density at radius 1 is 0.880 bits per heavy atom. The van der Waals surface area contributed by atoms with Crippen LogP contribution in [0.3, 0.4) is 0 Å². The van der Waals surface area contributed by atoms with Crippen molar-refractivity contribution in [1.82, 2.24) is 4.98 Å². The molecule has 134 valence electrons. The van der Waals surface area contributed by atoms with E-state index in [0.717, 1.165) is 12.1 Å². The summed E-state index contributed by atoms with van der Waals surface area (Å²) in [6.07, 6.45) is 0. The Kier molecular flexibility index (Phi) is 4.10. The molecule has 0 unspecified atom stereocenters. The van der Waals surface area contributed by atoms with Gasteiger partial charge in [-0.1, -0.05) is 0 Å². The third-order valence-electron chi connectivity index (χ3n) is 3.26. The van der Waals surface area contributed by atoms with E-state index in [-0.39, 0.29) is 14.5 Å². The van der Waals surface area contributed by atoms with Crippen LogP contribution in [0.25, 0.3) is 21.4 Å². The van der Waals surface area contributed by atoms with E-state index >= 15 is 0 Å². The Labute approximate surface area is 155 Å². The Balaban J connectivity index is 1.96. The van der Waals surface area contributed by atoms with E-state index < -0.39 is 15.1 Å². The van der Waals surface area contributed by atoms with Crippen LogP contribution in [0.1, 0.15) is 0 Å². The minimum atomic E-state index is -9.66. The molecule has 0 aliphatic rings. The van der Waals surface area contributed by atoms with Gasteiger partial charge < -0.3 is 0 Å². The summed E-state index contributed by atoms with van der Waals surface area (Å²) in [4.78, 5) is 4.27. The quantitative estimate of drug-likeness (QED) is 0.281. The summed E-state index contributed by atoms with van der Waals surface area (Å²) in [6, 6.07) is 7.70. The zero-order valence-corrected chi connectivity index (χ0v) is 16.1. The zero-order chi connectivity index (χ0) is 18.5. The minimum absolute atomic E-state index is 0.255. The van der Waals surface area contributed by atoms with Crippen LogP contribution < -0.4 is 0 Å². The number of aromatic nitrogens is 1. The van der Waals surface area contributed by atoms with E-state index in [1.54, 1.807) is 18.2 Å². The molecule has 25 heavy (non-hydrogen) atoms. The SMILES string of the molecule is FS(F)(F)(F)(F)c1ccc(-c2nc(-c3ccc(Cl)cc3Cl)c[se]2)cc1. The first kappa shape index (κ1) is 18.7. The predicted octanol–water partition coefficient (Wildman–Crippen LogP) is 7.44. The van der Waals surface area contributed by atoms with Gasteiger partial charge in [-0.2, -0.15) is 0 Å². The van der Waals surface area contributed by atoms with Crippen LogP contribution in [-0.2, 0) is 0 Å². The molecule has 3 rings (SSSR count). The van der Waals surface area contributed by atoms with Crippen molar-refractivity contribution in [2.75, 3.05) is 0 Å². The molecular formula is C15H8Cl2F5NSSe. The number of hydrogen-bond donors (Lipinski definition) is 0. The molecule has 0 aliphatic heterocycles. The second-order valence-corrected chi connectivity index (χ2v) is 10.2. The van der Waals surface area contributed by atoms with Gasteiger partial charge in [-0.15, -0.1) is 0 Å². The first-order valence-electron chi connectivity index (χ1n) is 6.59. The number of hydrogen-bond acceptors (Lipinski definition) is 1. The summed E-state index contributed by atoms with van der Waals surface area (Å²) in [5.41, 5.74) is 1.59. The average molecular weight is 479 g/mol. The first-order valence-corrected chi connectivity index (χ1v) is 11.1. The van der Waals surface area contributed by atoms with Crippen molar-refractivity contribution in [2.24, 2.45) is 0 Å². The molecule has 0 N–H and O–H groups in total. The molecule has 3 aromatic rings. The van der Waals surface area contributed by atoms with E-state index in [1.807, 2.05) is 4.94 Å². The monoisotopic (exact) mass is 479 g/mol. The van der Waals surface area contributed by atoms with Crippen molar-refractivity contribution in [2.45, 2.75) is 4.90 Å². The molecule has 2 aromatic carbocycles. The van der Waals surface area contributed by atoms with E-state index in [2.05, 4.69) is 4.98 Å². The summed E-state index contributed by atoms with van der Waals surface area (Å²) in [6.45, 7) is 0. The normalized spacial score (nSPS) is 14.8. The predicted molar refractivity (Wildman–Crippen MR) is 93.5 cm³/mol. The molecule has 0 atom stereocenters. The standard InChI is InChI=1S/C15H8Cl2F5NSSe/c16-10-3-6-12(13(17)7-10)14-8-25-15(23-14)9-1-4-11(5-2-9)24(18,19,20,21)22/h1-8H. The van der Waals surface area contributed by atoms with Gasteiger partial charge in [0.05, 0.1) is 0 Å². The summed E-state index contributed by atoms with van der Waals surface area (Å²) in [5, 5.41) is 0.865.